The number of aromatic amines is 1. The van der Waals surface area contributed by atoms with Gasteiger partial charge in [-0.1, -0.05) is 29.3 Å². The normalized spacial score (nSPS) is 17.0. The Kier molecular flexibility index (Phi) is 7.70. The maximum Gasteiger partial charge on any atom is 0.416 e. The number of H-pyrrole nitrogens is 1. The maximum atomic E-state index is 13.7. The van der Waals surface area contributed by atoms with Crippen LogP contribution in [0.2, 0.25) is 10.0 Å². The van der Waals surface area contributed by atoms with Crippen molar-refractivity contribution in [3.63, 3.8) is 0 Å². The summed E-state index contributed by atoms with van der Waals surface area (Å²) in [5.74, 6) is 0. The van der Waals surface area contributed by atoms with E-state index in [0.717, 1.165) is 17.8 Å². The third kappa shape index (κ3) is 5.56. The van der Waals surface area contributed by atoms with Gasteiger partial charge in [0.15, 0.2) is 0 Å². The smallest absolute Gasteiger partial charge is 0.361 e. The molecule has 0 bridgehead atoms. The lowest BCUT2D eigenvalue weighted by Gasteiger charge is -2.34. The highest BCUT2D eigenvalue weighted by Crippen LogP contribution is 2.38. The minimum atomic E-state index is -4.58. The molecule has 0 aliphatic carbocycles. The summed E-state index contributed by atoms with van der Waals surface area (Å²) < 4.78 is 69.3. The second kappa shape index (κ2) is 10.5. The molecule has 0 saturated heterocycles. The molecule has 1 N–H and O–H groups in total. The summed E-state index contributed by atoms with van der Waals surface area (Å²) in [4.78, 5) is 8.89. The van der Waals surface area contributed by atoms with E-state index in [1.54, 1.807) is 12.3 Å². The van der Waals surface area contributed by atoms with Gasteiger partial charge in [0.1, 0.15) is 0 Å². The molecule has 0 spiro atoms. The molecular weight excluding hydrogens is 536 g/mol. The number of hydrogen-bond acceptors (Lipinski definition) is 4. The van der Waals surface area contributed by atoms with E-state index in [0.29, 0.717) is 25.1 Å². The van der Waals surface area contributed by atoms with E-state index < -0.39 is 21.8 Å². The molecule has 1 aliphatic rings. The highest BCUT2D eigenvalue weighted by atomic mass is 35.5. The van der Waals surface area contributed by atoms with Crippen molar-refractivity contribution in [3.8, 4) is 0 Å². The molecule has 2 heterocycles. The number of hydrogen-bond donors (Lipinski definition) is 1. The average molecular weight is 559 g/mol. The van der Waals surface area contributed by atoms with E-state index in [2.05, 4.69) is 16.5 Å². The molecule has 0 radical (unpaired) electrons. The lowest BCUT2D eigenvalue weighted by molar-refractivity contribution is -0.137. The molecule has 3 aromatic rings. The van der Waals surface area contributed by atoms with Crippen LogP contribution < -0.4 is 4.90 Å². The van der Waals surface area contributed by atoms with Crippen LogP contribution in [0.4, 0.5) is 18.9 Å². The minimum absolute atomic E-state index is 0.0422. The number of benzene rings is 2. The van der Waals surface area contributed by atoms with Crippen molar-refractivity contribution < 1.29 is 21.6 Å². The van der Waals surface area contributed by atoms with Gasteiger partial charge in [0.25, 0.3) is 0 Å². The number of allylic oxidation sites excluding steroid dienone is 1. The summed E-state index contributed by atoms with van der Waals surface area (Å²) in [7, 11) is -4.12. The third-order valence-corrected chi connectivity index (χ3v) is 8.59. The minimum Gasteiger partial charge on any atom is -0.361 e. The van der Waals surface area contributed by atoms with E-state index in [9.17, 15) is 21.6 Å². The van der Waals surface area contributed by atoms with Crippen molar-refractivity contribution >= 4 is 38.9 Å². The number of imidazole rings is 1. The SMILES string of the molecule is C=CCCC1CN(S(=O)(=O)c2ccc(Cl)c(Cl)c2)Cc2cc(C(F)(F)F)ccc2N1Cc1cnc[nH]1. The van der Waals surface area contributed by atoms with Crippen LogP contribution in [0, 0.1) is 0 Å². The topological polar surface area (TPSA) is 69.3 Å². The zero-order valence-corrected chi connectivity index (χ0v) is 21.3. The molecule has 1 unspecified atom stereocenters. The number of sulfonamides is 1. The van der Waals surface area contributed by atoms with Gasteiger partial charge in [-0.25, -0.2) is 13.4 Å². The number of anilines is 1. The molecule has 192 valence electrons. The van der Waals surface area contributed by atoms with Crippen molar-refractivity contribution in [2.45, 2.75) is 43.0 Å². The van der Waals surface area contributed by atoms with Gasteiger partial charge in [-0.15, -0.1) is 6.58 Å². The lowest BCUT2D eigenvalue weighted by Crippen LogP contribution is -2.43. The van der Waals surface area contributed by atoms with Crippen molar-refractivity contribution in [1.29, 1.82) is 0 Å². The zero-order valence-electron chi connectivity index (χ0n) is 19.0. The van der Waals surface area contributed by atoms with Crippen LogP contribution >= 0.6 is 23.2 Å². The summed E-state index contributed by atoms with van der Waals surface area (Å²) in [5, 5.41) is 0.262. The zero-order chi connectivity index (χ0) is 26.1. The molecule has 2 aromatic carbocycles. The number of halogens is 5. The second-order valence-corrected chi connectivity index (χ2v) is 11.2. The van der Waals surface area contributed by atoms with Crippen LogP contribution in [0.1, 0.15) is 29.7 Å². The first-order valence-electron chi connectivity index (χ1n) is 11.0. The third-order valence-electron chi connectivity index (χ3n) is 6.05. The van der Waals surface area contributed by atoms with Crippen LogP contribution in [0.25, 0.3) is 0 Å². The molecule has 12 heteroatoms. The van der Waals surface area contributed by atoms with Crippen molar-refractivity contribution in [2.75, 3.05) is 11.4 Å². The molecule has 4 rings (SSSR count). The van der Waals surface area contributed by atoms with Gasteiger partial charge in [0, 0.05) is 31.0 Å². The summed E-state index contributed by atoms with van der Waals surface area (Å²) in [5.41, 5.74) is 0.664. The largest absolute Gasteiger partial charge is 0.416 e. The van der Waals surface area contributed by atoms with Gasteiger partial charge in [0.2, 0.25) is 10.0 Å². The average Bonchev–Trinajstić information content (AvgIpc) is 3.28. The van der Waals surface area contributed by atoms with Crippen LogP contribution in [0.5, 0.6) is 0 Å². The van der Waals surface area contributed by atoms with E-state index >= 15 is 0 Å². The van der Waals surface area contributed by atoms with E-state index in [1.165, 1.54) is 34.9 Å². The maximum absolute atomic E-state index is 13.7. The predicted molar refractivity (Wildman–Crippen MR) is 133 cm³/mol. The van der Waals surface area contributed by atoms with Crippen LogP contribution in [-0.2, 0) is 29.3 Å². The van der Waals surface area contributed by atoms with Crippen molar-refractivity contribution in [1.82, 2.24) is 14.3 Å². The molecule has 1 atom stereocenters. The van der Waals surface area contributed by atoms with Crippen LogP contribution in [-0.4, -0.2) is 35.3 Å². The standard InChI is InChI=1S/C24H23Cl2F3N4O2S/c1-2-3-4-19-14-32(36(34,35)20-6-7-21(25)22(26)10-20)12-16-9-17(24(27,28)29)5-8-23(16)33(19)13-18-11-30-15-31-18/h2,5-11,15,19H,1,3-4,12-14H2,(H,30,31). The number of rotatable bonds is 7. The van der Waals surface area contributed by atoms with Gasteiger partial charge in [0.05, 0.1) is 39.1 Å². The molecule has 1 aromatic heterocycles. The van der Waals surface area contributed by atoms with Crippen molar-refractivity contribution in [2.24, 2.45) is 0 Å². The summed E-state index contributed by atoms with van der Waals surface area (Å²) in [6.45, 7) is 3.87. The number of alkyl halides is 3. The summed E-state index contributed by atoms with van der Waals surface area (Å²) in [6, 6.07) is 7.05. The van der Waals surface area contributed by atoms with Crippen molar-refractivity contribution in [3.05, 3.63) is 88.4 Å². The number of nitrogens with zero attached hydrogens (tertiary/aromatic N) is 3. The monoisotopic (exact) mass is 558 g/mol. The fraction of sp³-hybridized carbons (Fsp3) is 0.292. The molecular formula is C24H23Cl2F3N4O2S. The molecule has 36 heavy (non-hydrogen) atoms. The molecule has 0 fully saturated rings. The van der Waals surface area contributed by atoms with Gasteiger partial charge in [-0.05, 0) is 54.8 Å². The predicted octanol–water partition coefficient (Wildman–Crippen LogP) is 6.28. The molecule has 1 aliphatic heterocycles. The number of nitrogens with one attached hydrogen (secondary N) is 1. The Hall–Kier alpha value is -2.53. The Bertz CT molecular complexity index is 1350. The Morgan fingerprint density at radius 3 is 2.58 bits per heavy atom. The summed E-state index contributed by atoms with van der Waals surface area (Å²) >= 11 is 12.0. The molecule has 6 nitrogen and oxygen atoms in total. The van der Waals surface area contributed by atoms with Gasteiger partial charge in [-0.3, -0.25) is 0 Å². The second-order valence-electron chi connectivity index (χ2n) is 8.44. The van der Waals surface area contributed by atoms with Crippen LogP contribution in [0.3, 0.4) is 0 Å². The molecule has 0 amide bonds. The molecule has 0 saturated carbocycles. The first-order chi connectivity index (χ1) is 17.0. The Balaban J connectivity index is 1.84. The first-order valence-corrected chi connectivity index (χ1v) is 13.2. The fourth-order valence-electron chi connectivity index (χ4n) is 4.25. The lowest BCUT2D eigenvalue weighted by atomic mass is 10.0. The fourth-order valence-corrected chi connectivity index (χ4v) is 6.09. The highest BCUT2D eigenvalue weighted by Gasteiger charge is 2.37. The quantitative estimate of drug-likeness (QED) is 0.346. The number of aromatic nitrogens is 2. The Labute approximate surface area is 217 Å². The van der Waals surface area contributed by atoms with E-state index in [4.69, 9.17) is 23.2 Å². The van der Waals surface area contributed by atoms with Gasteiger partial charge < -0.3 is 9.88 Å². The highest BCUT2D eigenvalue weighted by molar-refractivity contribution is 7.89. The first kappa shape index (κ1) is 26.5. The van der Waals surface area contributed by atoms with Gasteiger partial charge >= 0.3 is 6.18 Å². The Morgan fingerprint density at radius 1 is 1.17 bits per heavy atom. The number of fused-ring (bicyclic) bond motifs is 1. The van der Waals surface area contributed by atoms with Gasteiger partial charge in [-0.2, -0.15) is 17.5 Å². The van der Waals surface area contributed by atoms with E-state index in [-0.39, 0.29) is 39.6 Å². The van der Waals surface area contributed by atoms with Crippen LogP contribution in [0.15, 0.2) is 66.5 Å². The Morgan fingerprint density at radius 2 is 1.94 bits per heavy atom. The summed E-state index contributed by atoms with van der Waals surface area (Å²) in [6.07, 6.45) is 1.41. The van der Waals surface area contributed by atoms with E-state index in [1.807, 2.05) is 4.90 Å².